The van der Waals surface area contributed by atoms with Gasteiger partial charge in [0.25, 0.3) is 0 Å². The number of primary amides is 1. The van der Waals surface area contributed by atoms with E-state index < -0.39 is 35.5 Å². The second kappa shape index (κ2) is 8.75. The zero-order chi connectivity index (χ0) is 22.8. The van der Waals surface area contributed by atoms with Crippen LogP contribution in [0.2, 0.25) is 0 Å². The van der Waals surface area contributed by atoms with E-state index in [-0.39, 0.29) is 23.7 Å². The molecule has 0 aliphatic carbocycles. The summed E-state index contributed by atoms with van der Waals surface area (Å²) in [6.07, 6.45) is -0.906. The number of hydrogen-bond donors (Lipinski definition) is 2. The van der Waals surface area contributed by atoms with Gasteiger partial charge < -0.3 is 16.0 Å². The molecular formula is C21H21F3N4O3. The van der Waals surface area contributed by atoms with Crippen LogP contribution in [0.15, 0.2) is 42.7 Å². The molecule has 1 fully saturated rings. The highest BCUT2D eigenvalue weighted by molar-refractivity contribution is 6.39. The molecule has 1 aromatic carbocycles. The molecule has 0 radical (unpaired) electrons. The lowest BCUT2D eigenvalue weighted by Gasteiger charge is -2.38. The predicted molar refractivity (Wildman–Crippen MR) is 106 cm³/mol. The van der Waals surface area contributed by atoms with Gasteiger partial charge in [0, 0.05) is 12.7 Å². The summed E-state index contributed by atoms with van der Waals surface area (Å²) in [7, 11) is 0. The van der Waals surface area contributed by atoms with Crippen LogP contribution in [0, 0.1) is 5.92 Å². The van der Waals surface area contributed by atoms with Crippen molar-refractivity contribution in [2.45, 2.75) is 32.0 Å². The fourth-order valence-corrected chi connectivity index (χ4v) is 3.60. The third-order valence-electron chi connectivity index (χ3n) is 5.15. The number of nitrogens with zero attached hydrogens (tertiary/aromatic N) is 2. The number of carbonyl (C=O) groups is 3. The van der Waals surface area contributed by atoms with E-state index in [0.29, 0.717) is 18.4 Å². The van der Waals surface area contributed by atoms with Gasteiger partial charge >= 0.3 is 18.0 Å². The number of nitrogens with two attached hydrogens (primary N) is 1. The number of carbonyl (C=O) groups excluding carboxylic acids is 3. The Morgan fingerprint density at radius 3 is 2.58 bits per heavy atom. The van der Waals surface area contributed by atoms with E-state index in [1.165, 1.54) is 35.5 Å². The third-order valence-corrected chi connectivity index (χ3v) is 5.15. The molecule has 7 nitrogen and oxygen atoms in total. The highest BCUT2D eigenvalue weighted by Crippen LogP contribution is 2.36. The van der Waals surface area contributed by atoms with Crippen molar-refractivity contribution < 1.29 is 27.6 Å². The standard InChI is InChI=1S/C21H21F3N4O3/c1-12-5-6-17(13-3-2-4-15(7-13)21(22,23)24)28(11-12)20(31)19(30)27-16-8-14(18(25)29)9-26-10-16/h2-4,7-10,12,17H,5-6,11H2,1H3,(H2,25,29)(H,27,30). The predicted octanol–water partition coefficient (Wildman–Crippen LogP) is 3.14. The number of nitrogens with one attached hydrogen (secondary N) is 1. The quantitative estimate of drug-likeness (QED) is 0.724. The molecule has 2 heterocycles. The van der Waals surface area contributed by atoms with E-state index in [2.05, 4.69) is 10.3 Å². The van der Waals surface area contributed by atoms with Gasteiger partial charge in [-0.2, -0.15) is 13.2 Å². The van der Waals surface area contributed by atoms with Gasteiger partial charge in [0.2, 0.25) is 5.91 Å². The topological polar surface area (TPSA) is 105 Å². The van der Waals surface area contributed by atoms with Crippen LogP contribution in [-0.2, 0) is 15.8 Å². The molecule has 1 aromatic heterocycles. The van der Waals surface area contributed by atoms with Gasteiger partial charge in [-0.05, 0) is 42.5 Å². The minimum Gasteiger partial charge on any atom is -0.366 e. The summed E-state index contributed by atoms with van der Waals surface area (Å²) in [4.78, 5) is 41.8. The summed E-state index contributed by atoms with van der Waals surface area (Å²) in [5.41, 5.74) is 4.85. The van der Waals surface area contributed by atoms with Crippen molar-refractivity contribution in [2.75, 3.05) is 11.9 Å². The lowest BCUT2D eigenvalue weighted by molar-refractivity contribution is -0.146. The molecule has 1 aliphatic rings. The molecular weight excluding hydrogens is 413 g/mol. The molecule has 1 saturated heterocycles. The fraction of sp³-hybridized carbons (Fsp3) is 0.333. The number of hydrogen-bond acceptors (Lipinski definition) is 4. The van der Waals surface area contributed by atoms with Gasteiger partial charge in [-0.25, -0.2) is 0 Å². The number of benzene rings is 1. The number of piperidine rings is 1. The van der Waals surface area contributed by atoms with Gasteiger partial charge in [0.1, 0.15) is 0 Å². The highest BCUT2D eigenvalue weighted by Gasteiger charge is 2.36. The monoisotopic (exact) mass is 434 g/mol. The maximum atomic E-state index is 13.1. The molecule has 0 bridgehead atoms. The van der Waals surface area contributed by atoms with E-state index in [1.807, 2.05) is 6.92 Å². The lowest BCUT2D eigenvalue weighted by Crippen LogP contribution is -2.46. The second-order valence-electron chi connectivity index (χ2n) is 7.56. The first-order chi connectivity index (χ1) is 14.6. The minimum absolute atomic E-state index is 0.0543. The Labute approximate surface area is 176 Å². The molecule has 3 N–H and O–H groups in total. The number of amides is 3. The molecule has 1 aliphatic heterocycles. The van der Waals surface area contributed by atoms with Crippen molar-refractivity contribution in [2.24, 2.45) is 11.7 Å². The Morgan fingerprint density at radius 1 is 1.16 bits per heavy atom. The number of alkyl halides is 3. The SMILES string of the molecule is CC1CCC(c2cccc(C(F)(F)F)c2)N(C(=O)C(=O)Nc2cncc(C(N)=O)c2)C1. The molecule has 3 rings (SSSR count). The summed E-state index contributed by atoms with van der Waals surface area (Å²) in [6, 6.07) is 5.41. The van der Waals surface area contributed by atoms with Gasteiger partial charge in [-0.15, -0.1) is 0 Å². The third kappa shape index (κ3) is 5.19. The van der Waals surface area contributed by atoms with Crippen LogP contribution in [0.5, 0.6) is 0 Å². The van der Waals surface area contributed by atoms with Gasteiger partial charge in [-0.3, -0.25) is 19.4 Å². The van der Waals surface area contributed by atoms with Crippen molar-refractivity contribution in [3.8, 4) is 0 Å². The van der Waals surface area contributed by atoms with Crippen LogP contribution in [0.25, 0.3) is 0 Å². The maximum absolute atomic E-state index is 13.1. The van der Waals surface area contributed by atoms with Crippen LogP contribution >= 0.6 is 0 Å². The number of rotatable bonds is 3. The minimum atomic E-state index is -4.51. The van der Waals surface area contributed by atoms with Gasteiger partial charge in [-0.1, -0.05) is 19.1 Å². The van der Waals surface area contributed by atoms with Crippen molar-refractivity contribution in [1.29, 1.82) is 0 Å². The Balaban J connectivity index is 1.84. The molecule has 2 atom stereocenters. The Kier molecular flexibility index (Phi) is 6.28. The maximum Gasteiger partial charge on any atom is 0.416 e. The number of halogens is 3. The summed E-state index contributed by atoms with van der Waals surface area (Å²) in [6.45, 7) is 2.13. The Hall–Kier alpha value is -3.43. The molecule has 164 valence electrons. The first kappa shape index (κ1) is 22.3. The number of likely N-dealkylation sites (tertiary alicyclic amines) is 1. The zero-order valence-electron chi connectivity index (χ0n) is 16.6. The normalized spacial score (nSPS) is 19.0. The summed E-state index contributed by atoms with van der Waals surface area (Å²) in [5.74, 6) is -2.52. The molecule has 3 amide bonds. The molecule has 0 spiro atoms. The first-order valence-electron chi connectivity index (χ1n) is 9.60. The van der Waals surface area contributed by atoms with E-state index in [4.69, 9.17) is 5.73 Å². The van der Waals surface area contributed by atoms with E-state index in [1.54, 1.807) is 0 Å². The van der Waals surface area contributed by atoms with Crippen LogP contribution in [-0.4, -0.2) is 34.2 Å². The van der Waals surface area contributed by atoms with Crippen molar-refractivity contribution in [1.82, 2.24) is 9.88 Å². The summed E-state index contributed by atoms with van der Waals surface area (Å²) < 4.78 is 39.4. The average Bonchev–Trinajstić information content (AvgIpc) is 2.72. The van der Waals surface area contributed by atoms with Crippen molar-refractivity contribution in [3.05, 3.63) is 59.4 Å². The van der Waals surface area contributed by atoms with Gasteiger partial charge in [0.15, 0.2) is 0 Å². The average molecular weight is 434 g/mol. The van der Waals surface area contributed by atoms with Gasteiger partial charge in [0.05, 0.1) is 29.1 Å². The molecule has 31 heavy (non-hydrogen) atoms. The first-order valence-corrected chi connectivity index (χ1v) is 9.60. The number of aromatic nitrogens is 1. The summed E-state index contributed by atoms with van der Waals surface area (Å²) in [5, 5.41) is 2.38. The van der Waals surface area contributed by atoms with Crippen LogP contribution in [0.3, 0.4) is 0 Å². The van der Waals surface area contributed by atoms with Crippen LogP contribution in [0.4, 0.5) is 18.9 Å². The van der Waals surface area contributed by atoms with E-state index >= 15 is 0 Å². The largest absolute Gasteiger partial charge is 0.416 e. The molecule has 2 unspecified atom stereocenters. The highest BCUT2D eigenvalue weighted by atomic mass is 19.4. The molecule has 0 saturated carbocycles. The van der Waals surface area contributed by atoms with E-state index in [9.17, 15) is 27.6 Å². The van der Waals surface area contributed by atoms with Crippen LogP contribution < -0.4 is 11.1 Å². The van der Waals surface area contributed by atoms with Crippen LogP contribution in [0.1, 0.15) is 47.3 Å². The lowest BCUT2D eigenvalue weighted by atomic mass is 9.89. The second-order valence-corrected chi connectivity index (χ2v) is 7.56. The Morgan fingerprint density at radius 2 is 1.90 bits per heavy atom. The van der Waals surface area contributed by atoms with E-state index in [0.717, 1.165) is 12.1 Å². The molecule has 10 heteroatoms. The van der Waals surface area contributed by atoms with Crippen molar-refractivity contribution in [3.63, 3.8) is 0 Å². The Bertz CT molecular complexity index is 1010. The zero-order valence-corrected chi connectivity index (χ0v) is 16.6. The molecule has 2 aromatic rings. The smallest absolute Gasteiger partial charge is 0.366 e. The number of pyridine rings is 1. The van der Waals surface area contributed by atoms with Crippen molar-refractivity contribution >= 4 is 23.4 Å². The fourth-order valence-electron chi connectivity index (χ4n) is 3.60. The summed E-state index contributed by atoms with van der Waals surface area (Å²) >= 11 is 0. The number of anilines is 1.